The monoisotopic (exact) mass is 149 g/mol. The van der Waals surface area contributed by atoms with E-state index >= 15 is 0 Å². The van der Waals surface area contributed by atoms with E-state index < -0.39 is 11.9 Å². The lowest BCUT2D eigenvalue weighted by Crippen LogP contribution is -2.24. The van der Waals surface area contributed by atoms with Crippen molar-refractivity contribution in [2.24, 2.45) is 0 Å². The standard InChI is InChI=1S/C4H7NO3S/c1-3(6)5-8-4(7)2-9/h9H,2H2,1H3,(H,5,6). The molecule has 0 aliphatic rings. The summed E-state index contributed by atoms with van der Waals surface area (Å²) in [7, 11) is 0. The van der Waals surface area contributed by atoms with E-state index in [1.807, 2.05) is 5.48 Å². The van der Waals surface area contributed by atoms with Gasteiger partial charge in [0.2, 0.25) is 5.91 Å². The second-order valence-electron chi connectivity index (χ2n) is 1.29. The number of carbonyl (C=O) groups excluding carboxylic acids is 2. The third-order valence-corrected chi connectivity index (χ3v) is 0.696. The van der Waals surface area contributed by atoms with Crippen LogP contribution < -0.4 is 5.48 Å². The number of nitrogens with one attached hydrogen (secondary N) is 1. The van der Waals surface area contributed by atoms with E-state index in [9.17, 15) is 9.59 Å². The van der Waals surface area contributed by atoms with Gasteiger partial charge in [-0.2, -0.15) is 18.1 Å². The van der Waals surface area contributed by atoms with Gasteiger partial charge in [0, 0.05) is 6.92 Å². The summed E-state index contributed by atoms with van der Waals surface area (Å²) in [6.07, 6.45) is 0. The van der Waals surface area contributed by atoms with Crippen molar-refractivity contribution in [1.29, 1.82) is 0 Å². The zero-order chi connectivity index (χ0) is 7.28. The van der Waals surface area contributed by atoms with Gasteiger partial charge in [0.1, 0.15) is 0 Å². The minimum absolute atomic E-state index is 0.0414. The number of rotatable bonds is 1. The molecule has 0 bridgehead atoms. The summed E-state index contributed by atoms with van der Waals surface area (Å²) >= 11 is 3.59. The Labute approximate surface area is 57.9 Å². The van der Waals surface area contributed by atoms with E-state index in [-0.39, 0.29) is 5.75 Å². The van der Waals surface area contributed by atoms with Crippen molar-refractivity contribution in [2.45, 2.75) is 6.92 Å². The molecule has 0 aliphatic heterocycles. The second kappa shape index (κ2) is 4.20. The quantitative estimate of drug-likeness (QED) is 0.391. The van der Waals surface area contributed by atoms with Gasteiger partial charge < -0.3 is 4.84 Å². The fraction of sp³-hybridized carbons (Fsp3) is 0.500. The maximum absolute atomic E-state index is 10.2. The van der Waals surface area contributed by atoms with Gasteiger partial charge in [0.15, 0.2) is 0 Å². The molecule has 0 aliphatic carbocycles. The van der Waals surface area contributed by atoms with Crippen molar-refractivity contribution in [3.8, 4) is 0 Å². The normalized spacial score (nSPS) is 8.22. The smallest absolute Gasteiger partial charge is 0.340 e. The Bertz CT molecular complexity index is 125. The SMILES string of the molecule is CC(=O)NOC(=O)CS. The molecule has 52 valence electrons. The molecule has 0 spiro atoms. The van der Waals surface area contributed by atoms with Crippen LogP contribution in [0.25, 0.3) is 0 Å². The molecule has 0 heterocycles. The maximum atomic E-state index is 10.2. The number of hydrogen-bond acceptors (Lipinski definition) is 4. The molecule has 0 atom stereocenters. The largest absolute Gasteiger partial charge is 0.341 e. The van der Waals surface area contributed by atoms with E-state index in [2.05, 4.69) is 17.5 Å². The molecule has 0 aromatic heterocycles. The van der Waals surface area contributed by atoms with Crippen LogP contribution in [0.1, 0.15) is 6.92 Å². The lowest BCUT2D eigenvalue weighted by atomic mass is 10.8. The van der Waals surface area contributed by atoms with Gasteiger partial charge in [0.25, 0.3) is 0 Å². The van der Waals surface area contributed by atoms with Crippen LogP contribution in [0.4, 0.5) is 0 Å². The van der Waals surface area contributed by atoms with Crippen LogP contribution in [0.3, 0.4) is 0 Å². The van der Waals surface area contributed by atoms with Gasteiger partial charge in [-0.25, -0.2) is 4.79 Å². The van der Waals surface area contributed by atoms with Crippen LogP contribution in [0.5, 0.6) is 0 Å². The molecule has 9 heavy (non-hydrogen) atoms. The summed E-state index contributed by atoms with van der Waals surface area (Å²) in [5.41, 5.74) is 1.86. The minimum Gasteiger partial charge on any atom is -0.340 e. The topological polar surface area (TPSA) is 55.4 Å². The van der Waals surface area contributed by atoms with Gasteiger partial charge in [0.05, 0.1) is 5.75 Å². The van der Waals surface area contributed by atoms with E-state index in [0.717, 1.165) is 0 Å². The average Bonchev–Trinajstić information content (AvgIpc) is 1.83. The molecule has 0 fully saturated rings. The molecule has 1 amide bonds. The summed E-state index contributed by atoms with van der Waals surface area (Å²) in [5.74, 6) is -1.03. The Balaban J connectivity index is 3.28. The summed E-state index contributed by atoms with van der Waals surface area (Å²) < 4.78 is 0. The summed E-state index contributed by atoms with van der Waals surface area (Å²) in [4.78, 5) is 24.4. The summed E-state index contributed by atoms with van der Waals surface area (Å²) in [6, 6.07) is 0. The Morgan fingerprint density at radius 1 is 1.67 bits per heavy atom. The van der Waals surface area contributed by atoms with Crippen molar-refractivity contribution >= 4 is 24.5 Å². The lowest BCUT2D eigenvalue weighted by Gasteiger charge is -1.98. The van der Waals surface area contributed by atoms with Crippen LogP contribution in [0.2, 0.25) is 0 Å². The molecule has 0 saturated heterocycles. The van der Waals surface area contributed by atoms with Gasteiger partial charge >= 0.3 is 5.97 Å². The molecule has 0 saturated carbocycles. The highest BCUT2D eigenvalue weighted by Crippen LogP contribution is 1.76. The van der Waals surface area contributed by atoms with Crippen molar-refractivity contribution in [3.63, 3.8) is 0 Å². The highest BCUT2D eigenvalue weighted by molar-refractivity contribution is 7.81. The molecule has 0 radical (unpaired) electrons. The maximum Gasteiger partial charge on any atom is 0.341 e. The Morgan fingerprint density at radius 2 is 2.22 bits per heavy atom. The van der Waals surface area contributed by atoms with Crippen LogP contribution >= 0.6 is 12.6 Å². The number of hydrogen-bond donors (Lipinski definition) is 2. The third kappa shape index (κ3) is 5.16. The van der Waals surface area contributed by atoms with Crippen LogP contribution in [0.15, 0.2) is 0 Å². The van der Waals surface area contributed by atoms with E-state index in [0.29, 0.717) is 0 Å². The van der Waals surface area contributed by atoms with Crippen molar-refractivity contribution < 1.29 is 14.4 Å². The Morgan fingerprint density at radius 3 is 2.56 bits per heavy atom. The number of amides is 1. The molecule has 0 rings (SSSR count). The first-order chi connectivity index (χ1) is 4.16. The van der Waals surface area contributed by atoms with Crippen LogP contribution in [0, 0.1) is 0 Å². The van der Waals surface area contributed by atoms with E-state index in [4.69, 9.17) is 0 Å². The highest BCUT2D eigenvalue weighted by Gasteiger charge is 1.98. The van der Waals surface area contributed by atoms with Gasteiger partial charge in [-0.3, -0.25) is 4.79 Å². The zero-order valence-corrected chi connectivity index (χ0v) is 5.77. The molecule has 4 nitrogen and oxygen atoms in total. The lowest BCUT2D eigenvalue weighted by molar-refractivity contribution is -0.154. The number of hydroxylamine groups is 1. The van der Waals surface area contributed by atoms with E-state index in [1.54, 1.807) is 0 Å². The number of thiol groups is 1. The first-order valence-electron chi connectivity index (χ1n) is 2.24. The molecular formula is C4H7NO3S. The highest BCUT2D eigenvalue weighted by atomic mass is 32.1. The van der Waals surface area contributed by atoms with Gasteiger partial charge in [-0.1, -0.05) is 0 Å². The molecule has 5 heteroatoms. The average molecular weight is 149 g/mol. The first-order valence-corrected chi connectivity index (χ1v) is 2.87. The molecular weight excluding hydrogens is 142 g/mol. The molecule has 1 N–H and O–H groups in total. The Kier molecular flexibility index (Phi) is 3.87. The second-order valence-corrected chi connectivity index (χ2v) is 1.61. The fourth-order valence-corrected chi connectivity index (χ4v) is 0.226. The fourth-order valence-electron chi connectivity index (χ4n) is 0.161. The first kappa shape index (κ1) is 8.29. The van der Waals surface area contributed by atoms with Gasteiger partial charge in [-0.15, -0.1) is 0 Å². The van der Waals surface area contributed by atoms with Gasteiger partial charge in [-0.05, 0) is 0 Å². The third-order valence-electron chi connectivity index (χ3n) is 0.438. The van der Waals surface area contributed by atoms with Crippen LogP contribution in [-0.2, 0) is 14.4 Å². The summed E-state index contributed by atoms with van der Waals surface area (Å²) in [6.45, 7) is 1.24. The Hall–Kier alpha value is -0.710. The number of carbonyl (C=O) groups is 2. The minimum atomic E-state index is -0.575. The van der Waals surface area contributed by atoms with Crippen molar-refractivity contribution in [1.82, 2.24) is 5.48 Å². The van der Waals surface area contributed by atoms with E-state index in [1.165, 1.54) is 6.92 Å². The predicted molar refractivity (Wildman–Crippen MR) is 33.8 cm³/mol. The molecule has 0 aromatic carbocycles. The summed E-state index contributed by atoms with van der Waals surface area (Å²) in [5, 5.41) is 0. The molecule has 0 unspecified atom stereocenters. The van der Waals surface area contributed by atoms with Crippen molar-refractivity contribution in [2.75, 3.05) is 5.75 Å². The van der Waals surface area contributed by atoms with Crippen molar-refractivity contribution in [3.05, 3.63) is 0 Å². The predicted octanol–water partition coefficient (Wildman–Crippen LogP) is -0.490. The molecule has 0 aromatic rings. The van der Waals surface area contributed by atoms with Crippen LogP contribution in [-0.4, -0.2) is 17.6 Å². The zero-order valence-electron chi connectivity index (χ0n) is 4.88.